The van der Waals surface area contributed by atoms with Crippen LogP contribution in [-0.2, 0) is 11.2 Å². The van der Waals surface area contributed by atoms with Crippen molar-refractivity contribution in [3.8, 4) is 0 Å². The maximum Gasteiger partial charge on any atom is 0.227 e. The lowest BCUT2D eigenvalue weighted by molar-refractivity contribution is -0.119. The summed E-state index contributed by atoms with van der Waals surface area (Å²) in [5, 5.41) is 0. The second-order valence-electron chi connectivity index (χ2n) is 6.05. The number of amides is 1. The Kier molecular flexibility index (Phi) is 5.12. The molecule has 2 N–H and O–H groups in total. The van der Waals surface area contributed by atoms with Crippen LogP contribution < -0.4 is 10.6 Å². The number of hydrogen-bond acceptors (Lipinski definition) is 3. The Labute approximate surface area is 126 Å². The molecule has 1 aromatic rings. The van der Waals surface area contributed by atoms with Crippen molar-refractivity contribution in [1.82, 2.24) is 0 Å². The van der Waals surface area contributed by atoms with E-state index in [9.17, 15) is 9.59 Å². The summed E-state index contributed by atoms with van der Waals surface area (Å²) < 4.78 is 0. The number of benzene rings is 1. The predicted octanol–water partition coefficient (Wildman–Crippen LogP) is 2.54. The molecule has 0 atom stereocenters. The van der Waals surface area contributed by atoms with Gasteiger partial charge in [0.1, 0.15) is 0 Å². The van der Waals surface area contributed by atoms with Gasteiger partial charge in [-0.25, -0.2) is 0 Å². The number of fused-ring (bicyclic) bond motifs is 1. The van der Waals surface area contributed by atoms with Crippen molar-refractivity contribution in [2.45, 2.75) is 39.5 Å². The first-order valence-corrected chi connectivity index (χ1v) is 7.69. The van der Waals surface area contributed by atoms with E-state index in [0.717, 1.165) is 36.2 Å². The third-order valence-corrected chi connectivity index (χ3v) is 3.79. The number of carbonyl (C=O) groups is 2. The van der Waals surface area contributed by atoms with E-state index >= 15 is 0 Å². The molecule has 0 bridgehead atoms. The number of rotatable bonds is 6. The Morgan fingerprint density at radius 2 is 2.10 bits per heavy atom. The lowest BCUT2D eigenvalue weighted by Gasteiger charge is -2.18. The smallest absolute Gasteiger partial charge is 0.227 e. The largest absolute Gasteiger partial charge is 0.330 e. The van der Waals surface area contributed by atoms with Crippen molar-refractivity contribution in [2.75, 3.05) is 18.0 Å². The highest BCUT2D eigenvalue weighted by molar-refractivity contribution is 5.99. The first-order chi connectivity index (χ1) is 10.0. The molecular formula is C17H24N2O2. The van der Waals surface area contributed by atoms with E-state index in [0.29, 0.717) is 25.3 Å². The number of hydrogen-bond donors (Lipinski definition) is 1. The van der Waals surface area contributed by atoms with Gasteiger partial charge in [-0.2, -0.15) is 0 Å². The molecule has 4 heteroatoms. The van der Waals surface area contributed by atoms with Crippen LogP contribution in [0.3, 0.4) is 0 Å². The maximum atomic E-state index is 12.2. The molecular weight excluding hydrogens is 264 g/mol. The molecule has 4 nitrogen and oxygen atoms in total. The Bertz CT molecular complexity index is 538. The van der Waals surface area contributed by atoms with Crippen LogP contribution in [0.25, 0.3) is 0 Å². The zero-order chi connectivity index (χ0) is 15.4. The van der Waals surface area contributed by atoms with Gasteiger partial charge in [-0.05, 0) is 49.1 Å². The first-order valence-electron chi connectivity index (χ1n) is 7.69. The molecule has 0 spiro atoms. The summed E-state index contributed by atoms with van der Waals surface area (Å²) in [4.78, 5) is 26.1. The van der Waals surface area contributed by atoms with Crippen molar-refractivity contribution in [3.05, 3.63) is 29.3 Å². The first kappa shape index (κ1) is 15.7. The Hall–Kier alpha value is -1.68. The summed E-state index contributed by atoms with van der Waals surface area (Å²) in [5.74, 6) is 0.667. The summed E-state index contributed by atoms with van der Waals surface area (Å²) in [7, 11) is 0. The predicted molar refractivity (Wildman–Crippen MR) is 84.6 cm³/mol. The SMILES string of the molecule is CC(C)CC(=O)N1CCc2cc(C(=O)CCCN)ccc21. The molecule has 0 aliphatic carbocycles. The molecule has 114 valence electrons. The highest BCUT2D eigenvalue weighted by Crippen LogP contribution is 2.30. The number of nitrogens with two attached hydrogens (primary N) is 1. The molecule has 0 saturated carbocycles. The Balaban J connectivity index is 2.13. The van der Waals surface area contributed by atoms with Crippen molar-refractivity contribution in [1.29, 1.82) is 0 Å². The van der Waals surface area contributed by atoms with Gasteiger partial charge in [0.05, 0.1) is 0 Å². The summed E-state index contributed by atoms with van der Waals surface area (Å²) in [6.07, 6.45) is 2.61. The van der Waals surface area contributed by atoms with E-state index in [1.54, 1.807) is 0 Å². The van der Waals surface area contributed by atoms with Gasteiger partial charge in [0, 0.05) is 30.6 Å². The minimum atomic E-state index is 0.134. The average Bonchev–Trinajstić information content (AvgIpc) is 2.86. The van der Waals surface area contributed by atoms with Gasteiger partial charge in [0.2, 0.25) is 5.91 Å². The molecule has 1 aliphatic heterocycles. The van der Waals surface area contributed by atoms with Crippen molar-refractivity contribution >= 4 is 17.4 Å². The van der Waals surface area contributed by atoms with Crippen LogP contribution >= 0.6 is 0 Å². The second kappa shape index (κ2) is 6.85. The van der Waals surface area contributed by atoms with Crippen LogP contribution in [-0.4, -0.2) is 24.8 Å². The van der Waals surface area contributed by atoms with E-state index < -0.39 is 0 Å². The molecule has 1 amide bonds. The topological polar surface area (TPSA) is 63.4 Å². The molecule has 0 saturated heterocycles. The average molecular weight is 288 g/mol. The number of ketones is 1. The van der Waals surface area contributed by atoms with Crippen LogP contribution in [0.1, 0.15) is 49.0 Å². The van der Waals surface area contributed by atoms with E-state index in [1.807, 2.05) is 36.9 Å². The number of anilines is 1. The molecule has 0 aromatic heterocycles. The van der Waals surface area contributed by atoms with Crippen molar-refractivity contribution in [3.63, 3.8) is 0 Å². The zero-order valence-corrected chi connectivity index (χ0v) is 12.9. The molecule has 0 radical (unpaired) electrons. The standard InChI is InChI=1S/C17H24N2O2/c1-12(2)10-17(21)19-9-7-13-11-14(5-6-15(13)19)16(20)4-3-8-18/h5-6,11-12H,3-4,7-10,18H2,1-2H3. The summed E-state index contributed by atoms with van der Waals surface area (Å²) in [6.45, 7) is 5.36. The fourth-order valence-electron chi connectivity index (χ4n) is 2.70. The fraction of sp³-hybridized carbons (Fsp3) is 0.529. The monoisotopic (exact) mass is 288 g/mol. The number of carbonyl (C=O) groups excluding carboxylic acids is 2. The quantitative estimate of drug-likeness (QED) is 0.818. The Morgan fingerprint density at radius 1 is 1.33 bits per heavy atom. The summed E-state index contributed by atoms with van der Waals surface area (Å²) in [6, 6.07) is 5.69. The van der Waals surface area contributed by atoms with Gasteiger partial charge in [0.25, 0.3) is 0 Å². The lowest BCUT2D eigenvalue weighted by Crippen LogP contribution is -2.29. The molecule has 1 heterocycles. The van der Waals surface area contributed by atoms with Crippen LogP contribution in [0.2, 0.25) is 0 Å². The molecule has 21 heavy (non-hydrogen) atoms. The van der Waals surface area contributed by atoms with Gasteiger partial charge in [-0.1, -0.05) is 13.8 Å². The minimum absolute atomic E-state index is 0.134. The third-order valence-electron chi connectivity index (χ3n) is 3.79. The van der Waals surface area contributed by atoms with E-state index in [1.165, 1.54) is 0 Å². The maximum absolute atomic E-state index is 12.2. The van der Waals surface area contributed by atoms with Gasteiger partial charge >= 0.3 is 0 Å². The highest BCUT2D eigenvalue weighted by atomic mass is 16.2. The normalized spacial score (nSPS) is 13.6. The van der Waals surface area contributed by atoms with Crippen LogP contribution in [0, 0.1) is 5.92 Å². The molecule has 1 aliphatic rings. The van der Waals surface area contributed by atoms with Crippen LogP contribution in [0.4, 0.5) is 5.69 Å². The number of nitrogens with zero attached hydrogens (tertiary/aromatic N) is 1. The van der Waals surface area contributed by atoms with Crippen LogP contribution in [0.15, 0.2) is 18.2 Å². The van der Waals surface area contributed by atoms with E-state index in [4.69, 9.17) is 5.73 Å². The molecule has 1 aromatic carbocycles. The van der Waals surface area contributed by atoms with Gasteiger partial charge in [0.15, 0.2) is 5.78 Å². The molecule has 0 unspecified atom stereocenters. The van der Waals surface area contributed by atoms with Gasteiger partial charge in [-0.3, -0.25) is 9.59 Å². The minimum Gasteiger partial charge on any atom is -0.330 e. The molecule has 2 rings (SSSR count). The summed E-state index contributed by atoms with van der Waals surface area (Å²) in [5.41, 5.74) is 8.25. The second-order valence-corrected chi connectivity index (χ2v) is 6.05. The van der Waals surface area contributed by atoms with Crippen molar-refractivity contribution < 1.29 is 9.59 Å². The Morgan fingerprint density at radius 3 is 2.76 bits per heavy atom. The molecule has 0 fully saturated rings. The van der Waals surface area contributed by atoms with E-state index in [2.05, 4.69) is 0 Å². The van der Waals surface area contributed by atoms with Crippen molar-refractivity contribution in [2.24, 2.45) is 11.7 Å². The van der Waals surface area contributed by atoms with Gasteiger partial charge in [-0.15, -0.1) is 0 Å². The highest BCUT2D eigenvalue weighted by Gasteiger charge is 2.25. The lowest BCUT2D eigenvalue weighted by atomic mass is 10.0. The number of Topliss-reactive ketones (excluding diaryl/α,β-unsaturated/α-hetero) is 1. The van der Waals surface area contributed by atoms with E-state index in [-0.39, 0.29) is 11.7 Å². The van der Waals surface area contributed by atoms with Crippen LogP contribution in [0.5, 0.6) is 0 Å². The van der Waals surface area contributed by atoms with Gasteiger partial charge < -0.3 is 10.6 Å². The third kappa shape index (κ3) is 3.70. The summed E-state index contributed by atoms with van der Waals surface area (Å²) >= 11 is 0. The fourth-order valence-corrected chi connectivity index (χ4v) is 2.70. The zero-order valence-electron chi connectivity index (χ0n) is 12.9.